The highest BCUT2D eigenvalue weighted by Gasteiger charge is 2.20. The van der Waals surface area contributed by atoms with Crippen LogP contribution in [0, 0.1) is 5.82 Å². The van der Waals surface area contributed by atoms with Crippen LogP contribution in [0.3, 0.4) is 0 Å². The van der Waals surface area contributed by atoms with E-state index in [0.29, 0.717) is 11.7 Å². The van der Waals surface area contributed by atoms with Crippen molar-refractivity contribution < 1.29 is 18.7 Å². The van der Waals surface area contributed by atoms with Crippen LogP contribution in [-0.4, -0.2) is 35.4 Å². The summed E-state index contributed by atoms with van der Waals surface area (Å²) in [4.78, 5) is 12.2. The fraction of sp³-hybridized carbons (Fsp3) is 0.444. The molecule has 25 heavy (non-hydrogen) atoms. The Hall–Kier alpha value is -2.25. The molecule has 0 bridgehead atoms. The van der Waals surface area contributed by atoms with Gasteiger partial charge in [0, 0.05) is 30.9 Å². The van der Waals surface area contributed by atoms with Crippen LogP contribution >= 0.6 is 0 Å². The second-order valence-electron chi connectivity index (χ2n) is 6.16. The molecule has 2 N–H and O–H groups in total. The molecule has 1 atom stereocenters. The van der Waals surface area contributed by atoms with E-state index in [9.17, 15) is 9.18 Å². The van der Waals surface area contributed by atoms with Crippen molar-refractivity contribution in [3.63, 3.8) is 0 Å². The average Bonchev–Trinajstić information content (AvgIpc) is 3.10. The van der Waals surface area contributed by atoms with Crippen molar-refractivity contribution in [3.05, 3.63) is 47.4 Å². The maximum absolute atomic E-state index is 12.9. The van der Waals surface area contributed by atoms with E-state index in [1.165, 1.54) is 12.1 Å². The van der Waals surface area contributed by atoms with Crippen LogP contribution in [0.15, 0.2) is 30.3 Å². The normalized spacial score (nSPS) is 16.6. The van der Waals surface area contributed by atoms with E-state index in [2.05, 4.69) is 15.5 Å². The number of benzene rings is 1. The van der Waals surface area contributed by atoms with Crippen molar-refractivity contribution in [1.29, 1.82) is 0 Å². The highest BCUT2D eigenvalue weighted by Crippen LogP contribution is 2.26. The zero-order valence-corrected chi connectivity index (χ0v) is 14.1. The summed E-state index contributed by atoms with van der Waals surface area (Å²) in [6.45, 7) is 3.41. The minimum Gasteiger partial charge on any atom is -0.381 e. The Kier molecular flexibility index (Phi) is 5.78. The maximum Gasteiger partial charge on any atom is 0.254 e. The zero-order valence-electron chi connectivity index (χ0n) is 14.1. The van der Waals surface area contributed by atoms with Gasteiger partial charge in [0.15, 0.2) is 5.82 Å². The lowest BCUT2D eigenvalue weighted by molar-refractivity contribution is -0.127. The monoisotopic (exact) mass is 347 g/mol. The minimum absolute atomic E-state index is 0.239. The topological polar surface area (TPSA) is 76.2 Å². The third-order valence-electron chi connectivity index (χ3n) is 4.29. The summed E-state index contributed by atoms with van der Waals surface area (Å²) in [5.74, 6) is 0.309. The van der Waals surface area contributed by atoms with Gasteiger partial charge in [0.05, 0.1) is 6.61 Å². The number of halogens is 1. The first-order valence-corrected chi connectivity index (χ1v) is 8.42. The van der Waals surface area contributed by atoms with Crippen LogP contribution in [0.4, 0.5) is 10.2 Å². The first kappa shape index (κ1) is 17.6. The summed E-state index contributed by atoms with van der Waals surface area (Å²) in [6.07, 6.45) is 1.26. The molecule has 1 unspecified atom stereocenters. The number of hydrogen-bond donors (Lipinski definition) is 2. The van der Waals surface area contributed by atoms with Crippen LogP contribution in [-0.2, 0) is 20.9 Å². The molecule has 2 aromatic rings. The lowest BCUT2D eigenvalue weighted by Gasteiger charge is -2.20. The molecule has 6 nitrogen and oxygen atoms in total. The first-order valence-electron chi connectivity index (χ1n) is 8.42. The molecule has 1 fully saturated rings. The van der Waals surface area contributed by atoms with E-state index in [4.69, 9.17) is 9.47 Å². The number of nitrogens with zero attached hydrogens (tertiary/aromatic N) is 1. The van der Waals surface area contributed by atoms with Crippen molar-refractivity contribution >= 4 is 11.7 Å². The van der Waals surface area contributed by atoms with Gasteiger partial charge in [-0.05, 0) is 37.5 Å². The van der Waals surface area contributed by atoms with Gasteiger partial charge in [-0.3, -0.25) is 9.89 Å². The summed E-state index contributed by atoms with van der Waals surface area (Å²) in [5, 5.41) is 9.88. The maximum atomic E-state index is 12.9. The van der Waals surface area contributed by atoms with E-state index in [1.807, 2.05) is 6.07 Å². The molecule has 1 aliphatic heterocycles. The number of carbonyl (C=O) groups is 1. The summed E-state index contributed by atoms with van der Waals surface area (Å²) in [7, 11) is 0. The highest BCUT2D eigenvalue weighted by atomic mass is 19.1. The molecule has 1 aliphatic rings. The zero-order chi connectivity index (χ0) is 17.6. The van der Waals surface area contributed by atoms with Crippen molar-refractivity contribution in [2.75, 3.05) is 18.5 Å². The fourth-order valence-electron chi connectivity index (χ4n) is 2.72. The molecule has 0 aliphatic carbocycles. The molecular formula is C18H22FN3O3. The van der Waals surface area contributed by atoms with Gasteiger partial charge in [0.1, 0.15) is 11.9 Å². The average molecular weight is 347 g/mol. The van der Waals surface area contributed by atoms with E-state index >= 15 is 0 Å². The number of carbonyl (C=O) groups excluding carboxylic acids is 1. The van der Waals surface area contributed by atoms with Crippen molar-refractivity contribution in [2.24, 2.45) is 0 Å². The predicted molar refractivity (Wildman–Crippen MR) is 90.7 cm³/mol. The van der Waals surface area contributed by atoms with Crippen LogP contribution < -0.4 is 5.32 Å². The second-order valence-corrected chi connectivity index (χ2v) is 6.16. The van der Waals surface area contributed by atoms with Crippen LogP contribution in [0.1, 0.15) is 36.9 Å². The fourth-order valence-corrected chi connectivity index (χ4v) is 2.72. The molecular weight excluding hydrogens is 325 g/mol. The molecule has 1 amide bonds. The Balaban J connectivity index is 1.49. The number of anilines is 1. The van der Waals surface area contributed by atoms with E-state index in [-0.39, 0.29) is 18.3 Å². The smallest absolute Gasteiger partial charge is 0.254 e. The van der Waals surface area contributed by atoms with E-state index in [1.54, 1.807) is 19.1 Å². The number of nitrogens with one attached hydrogen (secondary N) is 2. The minimum atomic E-state index is -0.645. The van der Waals surface area contributed by atoms with Crippen LogP contribution in [0.5, 0.6) is 0 Å². The third kappa shape index (κ3) is 4.87. The quantitative estimate of drug-likeness (QED) is 0.842. The Labute approximate surface area is 145 Å². The summed E-state index contributed by atoms with van der Waals surface area (Å²) >= 11 is 0. The molecule has 1 aromatic carbocycles. The van der Waals surface area contributed by atoms with Gasteiger partial charge in [-0.2, -0.15) is 5.10 Å². The number of hydrogen-bond acceptors (Lipinski definition) is 4. The lowest BCUT2D eigenvalue weighted by atomic mass is 9.97. The Bertz CT molecular complexity index is 696. The molecule has 0 spiro atoms. The van der Waals surface area contributed by atoms with Crippen molar-refractivity contribution in [2.45, 2.75) is 38.4 Å². The Morgan fingerprint density at radius 3 is 2.84 bits per heavy atom. The largest absolute Gasteiger partial charge is 0.381 e. The van der Waals surface area contributed by atoms with Gasteiger partial charge in [-0.25, -0.2) is 4.39 Å². The summed E-state index contributed by atoms with van der Waals surface area (Å²) in [5.41, 5.74) is 1.82. The van der Waals surface area contributed by atoms with Crippen LogP contribution in [0.25, 0.3) is 0 Å². The Morgan fingerprint density at radius 1 is 1.40 bits per heavy atom. The summed E-state index contributed by atoms with van der Waals surface area (Å²) < 4.78 is 23.8. The van der Waals surface area contributed by atoms with Gasteiger partial charge in [0.2, 0.25) is 0 Å². The molecule has 1 aromatic heterocycles. The number of amides is 1. The lowest BCUT2D eigenvalue weighted by Crippen LogP contribution is -2.27. The molecule has 0 saturated carbocycles. The van der Waals surface area contributed by atoms with Crippen LogP contribution in [0.2, 0.25) is 0 Å². The molecule has 7 heteroatoms. The van der Waals surface area contributed by atoms with Gasteiger partial charge >= 0.3 is 0 Å². The number of H-pyrrole nitrogens is 1. The molecule has 1 saturated heterocycles. The molecule has 0 radical (unpaired) electrons. The molecule has 2 heterocycles. The number of aromatic amines is 1. The van der Waals surface area contributed by atoms with Gasteiger partial charge in [-0.15, -0.1) is 0 Å². The number of ether oxygens (including phenoxy) is 2. The van der Waals surface area contributed by atoms with Crippen molar-refractivity contribution in [1.82, 2.24) is 10.2 Å². The highest BCUT2D eigenvalue weighted by molar-refractivity contribution is 5.93. The number of rotatable bonds is 6. The van der Waals surface area contributed by atoms with E-state index in [0.717, 1.165) is 37.3 Å². The van der Waals surface area contributed by atoms with Gasteiger partial charge < -0.3 is 14.8 Å². The predicted octanol–water partition coefficient (Wildman–Crippen LogP) is 2.99. The second kappa shape index (κ2) is 8.22. The number of aromatic nitrogens is 2. The van der Waals surface area contributed by atoms with Gasteiger partial charge in [-0.1, -0.05) is 12.1 Å². The van der Waals surface area contributed by atoms with E-state index < -0.39 is 6.10 Å². The van der Waals surface area contributed by atoms with Gasteiger partial charge in [0.25, 0.3) is 5.91 Å². The molecule has 3 rings (SSSR count). The Morgan fingerprint density at radius 2 is 2.12 bits per heavy atom. The standard InChI is InChI=1S/C18H22FN3O3/c1-12(25-11-13-2-4-15(19)5-3-13)18(23)20-17-10-16(21-22-17)14-6-8-24-9-7-14/h2-5,10,12,14H,6-9,11H2,1H3,(H2,20,21,22,23). The summed E-state index contributed by atoms with van der Waals surface area (Å²) in [6, 6.07) is 7.86. The third-order valence-corrected chi connectivity index (χ3v) is 4.29. The van der Waals surface area contributed by atoms with Crippen molar-refractivity contribution in [3.8, 4) is 0 Å². The molecule has 134 valence electrons. The SMILES string of the molecule is CC(OCc1ccc(F)cc1)C(=O)Nc1cc(C2CCOCC2)[nH]n1. The first-order chi connectivity index (χ1) is 12.1.